The first-order chi connectivity index (χ1) is 19.6. The largest absolute Gasteiger partial charge is 1.00 e. The Morgan fingerprint density at radius 2 is 1.07 bits per heavy atom. The first kappa shape index (κ1) is 33.0. The normalized spacial score (nSPS) is 11.6. The van der Waals surface area contributed by atoms with Crippen LogP contribution in [-0.4, -0.2) is 40.3 Å². The third-order valence-corrected chi connectivity index (χ3v) is 14.2. The molecule has 0 aromatic heterocycles. The SMILES string of the molecule is CCO[Si](CCCOc1ccc(O)cc1[P+](c1ccccc1)(c1ccccc1)c1ccccc1)(OCC)OCC.[Br-]. The van der Waals surface area contributed by atoms with Gasteiger partial charge in [-0.3, -0.25) is 0 Å². The second kappa shape index (κ2) is 16.2. The molecular weight excluding hydrogens is 615 g/mol. The second-order valence-electron chi connectivity index (χ2n) is 9.26. The molecule has 0 saturated heterocycles. The summed E-state index contributed by atoms with van der Waals surface area (Å²) in [5.74, 6) is 0.976. The van der Waals surface area contributed by atoms with E-state index in [2.05, 4.69) is 72.8 Å². The maximum Gasteiger partial charge on any atom is 0.501 e. The van der Waals surface area contributed by atoms with Crippen LogP contribution >= 0.6 is 7.26 Å². The molecule has 0 aliphatic heterocycles. The van der Waals surface area contributed by atoms with Gasteiger partial charge in [-0.2, -0.15) is 0 Å². The highest BCUT2D eigenvalue weighted by Crippen LogP contribution is 2.56. The fourth-order valence-electron chi connectivity index (χ4n) is 5.18. The van der Waals surface area contributed by atoms with Gasteiger partial charge in [-0.15, -0.1) is 0 Å². The van der Waals surface area contributed by atoms with E-state index in [9.17, 15) is 5.11 Å². The van der Waals surface area contributed by atoms with Gasteiger partial charge < -0.3 is 40.1 Å². The Labute approximate surface area is 256 Å². The van der Waals surface area contributed by atoms with Crippen molar-refractivity contribution in [3.63, 3.8) is 0 Å². The van der Waals surface area contributed by atoms with Crippen LogP contribution in [0, 0.1) is 0 Å². The number of phenolic OH excluding ortho intramolecular Hbond substituents is 1. The summed E-state index contributed by atoms with van der Waals surface area (Å²) in [6.07, 6.45) is 0.722. The summed E-state index contributed by atoms with van der Waals surface area (Å²) in [4.78, 5) is 0. The molecule has 0 atom stereocenters. The van der Waals surface area contributed by atoms with Gasteiger partial charge in [-0.25, -0.2) is 0 Å². The lowest BCUT2D eigenvalue weighted by atomic mass is 10.3. The number of ether oxygens (including phenoxy) is 1. The van der Waals surface area contributed by atoms with E-state index in [4.69, 9.17) is 18.0 Å². The lowest BCUT2D eigenvalue weighted by Gasteiger charge is -2.29. The molecule has 0 amide bonds. The highest BCUT2D eigenvalue weighted by molar-refractivity contribution is 8.01. The predicted molar refractivity (Wildman–Crippen MR) is 168 cm³/mol. The molecule has 0 spiro atoms. The molecule has 4 aromatic rings. The van der Waals surface area contributed by atoms with Crippen LogP contribution in [0.4, 0.5) is 0 Å². The number of halogens is 1. The van der Waals surface area contributed by atoms with Crippen molar-refractivity contribution in [3.05, 3.63) is 109 Å². The monoisotopic (exact) mass is 654 g/mol. The maximum atomic E-state index is 10.8. The molecule has 0 aliphatic rings. The minimum absolute atomic E-state index is 0. The molecule has 0 aliphatic carbocycles. The molecule has 8 heteroatoms. The van der Waals surface area contributed by atoms with Gasteiger partial charge >= 0.3 is 8.80 Å². The number of rotatable bonds is 15. The Morgan fingerprint density at radius 3 is 1.49 bits per heavy atom. The number of hydrogen-bond acceptors (Lipinski definition) is 5. The van der Waals surface area contributed by atoms with Gasteiger partial charge in [0.2, 0.25) is 0 Å². The van der Waals surface area contributed by atoms with Crippen LogP contribution in [-0.2, 0) is 13.3 Å². The number of benzene rings is 4. The predicted octanol–water partition coefficient (Wildman–Crippen LogP) is 2.83. The third kappa shape index (κ3) is 7.66. The van der Waals surface area contributed by atoms with Crippen LogP contribution in [0.15, 0.2) is 109 Å². The summed E-state index contributed by atoms with van der Waals surface area (Å²) >= 11 is 0. The highest BCUT2D eigenvalue weighted by atomic mass is 79.9. The van der Waals surface area contributed by atoms with Crippen LogP contribution in [0.25, 0.3) is 0 Å². The Morgan fingerprint density at radius 1 is 0.634 bits per heavy atom. The molecule has 0 fully saturated rings. The molecule has 1 N–H and O–H groups in total. The molecule has 0 saturated carbocycles. The van der Waals surface area contributed by atoms with Crippen LogP contribution in [0.5, 0.6) is 11.5 Å². The van der Waals surface area contributed by atoms with Gasteiger partial charge in [0.25, 0.3) is 0 Å². The zero-order valence-electron chi connectivity index (χ0n) is 24.0. The van der Waals surface area contributed by atoms with E-state index in [1.807, 2.05) is 51.1 Å². The van der Waals surface area contributed by atoms with Gasteiger partial charge in [0, 0.05) is 31.9 Å². The molecule has 0 radical (unpaired) electrons. The van der Waals surface area contributed by atoms with Crippen molar-refractivity contribution in [1.82, 2.24) is 0 Å². The summed E-state index contributed by atoms with van der Waals surface area (Å²) in [6.45, 7) is 8.03. The molecular formula is C33H40BrO5PSi. The molecule has 0 heterocycles. The molecule has 5 nitrogen and oxygen atoms in total. The topological polar surface area (TPSA) is 57.2 Å². The standard InChI is InChI=1S/C33H39O5PSi.BrH/c1-4-36-40(37-5-2,38-6-3)26-16-25-35-32-24-23-28(34)27-33(32)39(29-17-10-7-11-18-29,30-19-12-8-13-20-30)31-21-14-9-15-22-31;/h7-15,17-24,27H,4-6,16,25-26H2,1-3H3;1H. The van der Waals surface area contributed by atoms with E-state index in [0.29, 0.717) is 32.5 Å². The molecule has 0 bridgehead atoms. The Balaban J connectivity index is 0.00000462. The average Bonchev–Trinajstić information content (AvgIpc) is 2.99. The van der Waals surface area contributed by atoms with E-state index >= 15 is 0 Å². The van der Waals surface area contributed by atoms with E-state index < -0.39 is 16.1 Å². The van der Waals surface area contributed by atoms with Gasteiger partial charge in [0.15, 0.2) is 11.1 Å². The van der Waals surface area contributed by atoms with Crippen LogP contribution in [0.1, 0.15) is 27.2 Å². The molecule has 4 aromatic carbocycles. The second-order valence-corrected chi connectivity index (χ2v) is 15.4. The van der Waals surface area contributed by atoms with Gasteiger partial charge in [0.05, 0.1) is 6.61 Å². The van der Waals surface area contributed by atoms with Gasteiger partial charge in [0.1, 0.15) is 28.9 Å². The highest BCUT2D eigenvalue weighted by Gasteiger charge is 2.50. The smallest absolute Gasteiger partial charge is 0.501 e. The minimum atomic E-state index is -2.76. The van der Waals surface area contributed by atoms with E-state index in [-0.39, 0.29) is 22.7 Å². The zero-order chi connectivity index (χ0) is 28.3. The lowest BCUT2D eigenvalue weighted by Crippen LogP contribution is -3.00. The lowest BCUT2D eigenvalue weighted by molar-refractivity contribution is -0.0000202. The van der Waals surface area contributed by atoms with Crippen molar-refractivity contribution < 1.29 is 40.1 Å². The van der Waals surface area contributed by atoms with Crippen molar-refractivity contribution in [1.29, 1.82) is 0 Å². The summed E-state index contributed by atoms with van der Waals surface area (Å²) in [6, 6.07) is 37.9. The average molecular weight is 656 g/mol. The minimum Gasteiger partial charge on any atom is -1.00 e. The first-order valence-electron chi connectivity index (χ1n) is 14.0. The molecule has 41 heavy (non-hydrogen) atoms. The maximum absolute atomic E-state index is 10.8. The molecule has 4 rings (SSSR count). The number of phenols is 1. The zero-order valence-corrected chi connectivity index (χ0v) is 27.5. The Hall–Kier alpha value is -2.51. The fourth-order valence-corrected chi connectivity index (χ4v) is 12.1. The van der Waals surface area contributed by atoms with Crippen molar-refractivity contribution in [2.75, 3.05) is 26.4 Å². The van der Waals surface area contributed by atoms with Crippen molar-refractivity contribution in [2.45, 2.75) is 33.2 Å². The Bertz CT molecular complexity index is 1200. The quantitative estimate of drug-likeness (QED) is 0.121. The first-order valence-corrected chi connectivity index (χ1v) is 17.8. The van der Waals surface area contributed by atoms with Crippen LogP contribution < -0.4 is 42.9 Å². The number of hydrogen-bond donors (Lipinski definition) is 1. The van der Waals surface area contributed by atoms with Crippen molar-refractivity contribution >= 4 is 37.3 Å². The molecule has 0 unspecified atom stereocenters. The van der Waals surface area contributed by atoms with Gasteiger partial charge in [-0.05, 0) is 75.7 Å². The van der Waals surface area contributed by atoms with E-state index in [0.717, 1.165) is 17.5 Å². The van der Waals surface area contributed by atoms with Crippen LogP contribution in [0.2, 0.25) is 6.04 Å². The van der Waals surface area contributed by atoms with Crippen LogP contribution in [0.3, 0.4) is 0 Å². The third-order valence-electron chi connectivity index (χ3n) is 6.71. The summed E-state index contributed by atoms with van der Waals surface area (Å²) in [5.41, 5.74) is 0. The summed E-state index contributed by atoms with van der Waals surface area (Å²) in [7, 11) is -5.20. The van der Waals surface area contributed by atoms with Gasteiger partial charge in [-0.1, -0.05) is 54.6 Å². The van der Waals surface area contributed by atoms with E-state index in [1.165, 1.54) is 15.9 Å². The number of aromatic hydroxyl groups is 1. The van der Waals surface area contributed by atoms with E-state index in [1.54, 1.807) is 6.07 Å². The summed E-state index contributed by atoms with van der Waals surface area (Å²) < 4.78 is 24.7. The molecule has 218 valence electrons. The summed E-state index contributed by atoms with van der Waals surface area (Å²) in [5, 5.41) is 15.4. The fraction of sp³-hybridized carbons (Fsp3) is 0.273. The van der Waals surface area contributed by atoms with Crippen molar-refractivity contribution in [2.24, 2.45) is 0 Å². The van der Waals surface area contributed by atoms with Crippen molar-refractivity contribution in [3.8, 4) is 11.5 Å². The Kier molecular flexibility index (Phi) is 13.0.